The fraction of sp³-hybridized carbons (Fsp3) is 0.750. The largest absolute Gasteiger partial charge is 0.498 e. The molecule has 2 saturated heterocycles. The van der Waals surface area contributed by atoms with Crippen LogP contribution in [0.25, 0.3) is 0 Å². The summed E-state index contributed by atoms with van der Waals surface area (Å²) in [4.78, 5) is 7.80. The summed E-state index contributed by atoms with van der Waals surface area (Å²) in [6, 6.07) is -3.63. The Balaban J connectivity index is 2.17. The van der Waals surface area contributed by atoms with E-state index in [1.54, 1.807) is 0 Å². The minimum Gasteiger partial charge on any atom is -0.399 e. The van der Waals surface area contributed by atoms with Crippen LogP contribution >= 0.6 is 0 Å². The summed E-state index contributed by atoms with van der Waals surface area (Å²) >= 11 is 0. The molecule has 3 rings (SSSR count). The SMILES string of the molecule is [2H]C([2H])([2H])C1([2H])N(c2ncc(B3OC(C)(C)C(C)(C)O3)cn2)C([2H])([2H])C([2H])([2H])C([2H])([2H])C1([2H])[2H]. The van der Waals surface area contributed by atoms with Crippen LogP contribution in [0.2, 0.25) is 0 Å². The fourth-order valence-corrected chi connectivity index (χ4v) is 1.98. The van der Waals surface area contributed by atoms with Crippen LogP contribution < -0.4 is 10.4 Å². The van der Waals surface area contributed by atoms with Gasteiger partial charge >= 0.3 is 7.12 Å². The maximum absolute atomic E-state index is 8.59. The van der Waals surface area contributed by atoms with Crippen molar-refractivity contribution in [3.63, 3.8) is 0 Å². The summed E-state index contributed by atoms with van der Waals surface area (Å²) < 4.78 is 109. The van der Waals surface area contributed by atoms with E-state index in [-0.39, 0.29) is 10.4 Å². The number of hydrogen-bond acceptors (Lipinski definition) is 5. The summed E-state index contributed by atoms with van der Waals surface area (Å²) in [6.07, 6.45) is -8.80. The maximum atomic E-state index is 8.59. The summed E-state index contributed by atoms with van der Waals surface area (Å²) in [5.74, 6) is -0.806. The molecular weight excluding hydrogens is 277 g/mol. The number of nitrogens with zero attached hydrogens (tertiary/aromatic N) is 3. The second-order valence-electron chi connectivity index (χ2n) is 6.08. The fourth-order valence-electron chi connectivity index (χ4n) is 1.98. The highest BCUT2D eigenvalue weighted by Gasteiger charge is 2.52. The van der Waals surface area contributed by atoms with Crippen molar-refractivity contribution in [3.05, 3.63) is 12.4 Å². The molecule has 6 heteroatoms. The van der Waals surface area contributed by atoms with Crippen LogP contribution in [0.5, 0.6) is 0 Å². The van der Waals surface area contributed by atoms with E-state index < -0.39 is 62.8 Å². The second-order valence-corrected chi connectivity index (χ2v) is 6.08. The topological polar surface area (TPSA) is 47.5 Å². The Morgan fingerprint density at radius 3 is 2.50 bits per heavy atom. The Morgan fingerprint density at radius 1 is 1.27 bits per heavy atom. The molecular formula is C16H26BN3O2. The van der Waals surface area contributed by atoms with Crippen molar-refractivity contribution < 1.29 is 25.8 Å². The van der Waals surface area contributed by atoms with Gasteiger partial charge in [-0.05, 0) is 53.7 Å². The van der Waals surface area contributed by atoms with E-state index in [1.807, 2.05) is 27.7 Å². The standard InChI is InChI=1S/C16H26BN3O2/c1-12-8-6-7-9-20(12)14-18-10-13(11-19-14)17-21-15(2,3)16(4,5)22-17/h10-12H,6-9H2,1-5H3/i1D3,6D2,7D2,8D2,9D2,12D. The smallest absolute Gasteiger partial charge is 0.399 e. The van der Waals surface area contributed by atoms with Crippen molar-refractivity contribution in [2.45, 2.75) is 70.9 Å². The molecule has 0 spiro atoms. The van der Waals surface area contributed by atoms with E-state index in [4.69, 9.17) is 25.8 Å². The van der Waals surface area contributed by atoms with Gasteiger partial charge in [-0.2, -0.15) is 0 Å². The first kappa shape index (κ1) is 6.77. The Bertz CT molecular complexity index is 953. The lowest BCUT2D eigenvalue weighted by molar-refractivity contribution is 0.00578. The molecule has 0 aromatic carbocycles. The van der Waals surface area contributed by atoms with Gasteiger partial charge < -0.3 is 14.2 Å². The molecule has 22 heavy (non-hydrogen) atoms. The van der Waals surface area contributed by atoms with Crippen molar-refractivity contribution >= 4 is 18.5 Å². The predicted molar refractivity (Wildman–Crippen MR) is 88.4 cm³/mol. The van der Waals surface area contributed by atoms with Crippen molar-refractivity contribution in [3.8, 4) is 0 Å². The van der Waals surface area contributed by atoms with Crippen LogP contribution in [0, 0.1) is 0 Å². The molecule has 0 saturated carbocycles. The van der Waals surface area contributed by atoms with Gasteiger partial charge in [-0.1, -0.05) is 0 Å². The zero-order valence-corrected chi connectivity index (χ0v) is 12.9. The summed E-state index contributed by atoms with van der Waals surface area (Å²) in [5.41, 5.74) is -1.13. The number of aromatic nitrogens is 2. The molecule has 1 unspecified atom stereocenters. The molecule has 5 nitrogen and oxygen atoms in total. The molecule has 0 radical (unpaired) electrons. The summed E-state index contributed by atoms with van der Waals surface area (Å²) in [5, 5.41) is 0. The van der Waals surface area contributed by atoms with Gasteiger partial charge in [0.25, 0.3) is 0 Å². The summed E-state index contributed by atoms with van der Waals surface area (Å²) in [7, 11) is -0.924. The van der Waals surface area contributed by atoms with Gasteiger partial charge in [-0.3, -0.25) is 0 Å². The number of anilines is 1. The third-order valence-corrected chi connectivity index (χ3v) is 4.02. The summed E-state index contributed by atoms with van der Waals surface area (Å²) in [6.45, 7) is 0.0765. The monoisotopic (exact) mass is 315 g/mol. The molecule has 1 aromatic rings. The van der Waals surface area contributed by atoms with Crippen LogP contribution in [0.15, 0.2) is 12.4 Å². The van der Waals surface area contributed by atoms with E-state index in [0.717, 1.165) is 12.4 Å². The minimum atomic E-state index is -3.73. The van der Waals surface area contributed by atoms with Crippen LogP contribution in [0.4, 0.5) is 5.95 Å². The van der Waals surface area contributed by atoms with Gasteiger partial charge in [0.2, 0.25) is 5.95 Å². The van der Waals surface area contributed by atoms with Crippen molar-refractivity contribution in [1.29, 1.82) is 0 Å². The first-order chi connectivity index (χ1) is 14.9. The molecule has 120 valence electrons. The zero-order chi connectivity index (χ0) is 26.6. The van der Waals surface area contributed by atoms with Gasteiger partial charge in [-0.25, -0.2) is 9.97 Å². The van der Waals surface area contributed by atoms with Crippen LogP contribution in [-0.2, 0) is 9.31 Å². The highest BCUT2D eigenvalue weighted by atomic mass is 16.7. The Hall–Kier alpha value is -1.14. The predicted octanol–water partition coefficient (Wildman–Crippen LogP) is 2.15. The number of piperidine rings is 1. The minimum absolute atomic E-state index is 0.0254. The Labute approximate surface area is 150 Å². The third kappa shape index (κ3) is 2.74. The molecule has 1 aromatic heterocycles. The van der Waals surface area contributed by atoms with Gasteiger partial charge in [0.1, 0.15) is 0 Å². The number of rotatable bonds is 2. The average molecular weight is 315 g/mol. The van der Waals surface area contributed by atoms with E-state index >= 15 is 0 Å². The van der Waals surface area contributed by atoms with E-state index in [9.17, 15) is 0 Å². The van der Waals surface area contributed by atoms with Gasteiger partial charge in [-0.15, -0.1) is 0 Å². The van der Waals surface area contributed by atoms with E-state index in [1.165, 1.54) is 0 Å². The molecule has 1 atom stereocenters. The van der Waals surface area contributed by atoms with Gasteiger partial charge in [0.15, 0.2) is 0 Å². The lowest BCUT2D eigenvalue weighted by Crippen LogP contribution is -2.41. The highest BCUT2D eigenvalue weighted by molar-refractivity contribution is 6.61. The molecule has 2 aliphatic heterocycles. The van der Waals surface area contributed by atoms with Gasteiger partial charge in [0.05, 0.1) is 12.6 Å². The Morgan fingerprint density at radius 2 is 1.91 bits per heavy atom. The Kier molecular flexibility index (Phi) is 1.69. The van der Waals surface area contributed by atoms with Crippen LogP contribution in [0.3, 0.4) is 0 Å². The molecule has 0 N–H and O–H groups in total. The average Bonchev–Trinajstić information content (AvgIpc) is 2.87. The van der Waals surface area contributed by atoms with Crippen LogP contribution in [-0.4, -0.2) is 40.8 Å². The molecule has 0 aliphatic carbocycles. The molecule has 0 bridgehead atoms. The molecule has 0 amide bonds. The zero-order valence-electron chi connectivity index (χ0n) is 24.9. The lowest BCUT2D eigenvalue weighted by atomic mass is 9.81. The van der Waals surface area contributed by atoms with Crippen molar-refractivity contribution in [2.24, 2.45) is 0 Å². The van der Waals surface area contributed by atoms with Crippen molar-refractivity contribution in [1.82, 2.24) is 9.97 Å². The quantitative estimate of drug-likeness (QED) is 0.783. The first-order valence-electron chi connectivity index (χ1n) is 12.9. The van der Waals surface area contributed by atoms with Gasteiger partial charge in [0, 0.05) is 45.4 Å². The van der Waals surface area contributed by atoms with E-state index in [2.05, 4.69) is 9.97 Å². The normalized spacial score (nSPS) is 48.4. The second kappa shape index (κ2) is 5.50. The van der Waals surface area contributed by atoms with Crippen molar-refractivity contribution in [2.75, 3.05) is 11.4 Å². The lowest BCUT2D eigenvalue weighted by Gasteiger charge is -2.33. The highest BCUT2D eigenvalue weighted by Crippen LogP contribution is 2.36. The first-order valence-corrected chi connectivity index (χ1v) is 6.88. The molecule has 3 heterocycles. The van der Waals surface area contributed by atoms with E-state index in [0.29, 0.717) is 0 Å². The third-order valence-electron chi connectivity index (χ3n) is 4.02. The maximum Gasteiger partial charge on any atom is 0.498 e. The molecule has 2 aliphatic rings. The van der Waals surface area contributed by atoms with Crippen LogP contribution in [0.1, 0.15) is 70.1 Å². The number of hydrogen-bond donors (Lipinski definition) is 0. The molecule has 2 fully saturated rings.